The number of para-hydroxylation sites is 2. The van der Waals surface area contributed by atoms with E-state index in [1.807, 2.05) is 43.3 Å². The normalized spacial score (nSPS) is 14.1. The highest BCUT2D eigenvalue weighted by Crippen LogP contribution is 2.26. The summed E-state index contributed by atoms with van der Waals surface area (Å²) >= 11 is 0. The molecule has 1 aliphatic heterocycles. The molecular formula is C23H24N6O4. The van der Waals surface area contributed by atoms with Gasteiger partial charge in [0.2, 0.25) is 11.6 Å². The van der Waals surface area contributed by atoms with Gasteiger partial charge in [-0.05, 0) is 36.8 Å². The minimum absolute atomic E-state index is 0.242. The molecule has 1 N–H and O–H groups in total. The number of aromatic nitrogens is 4. The van der Waals surface area contributed by atoms with Crippen molar-refractivity contribution in [2.75, 3.05) is 43.6 Å². The highest BCUT2D eigenvalue weighted by molar-refractivity contribution is 5.92. The van der Waals surface area contributed by atoms with Crippen LogP contribution in [0.5, 0.6) is 5.75 Å². The molecule has 1 fully saturated rings. The van der Waals surface area contributed by atoms with Gasteiger partial charge in [-0.2, -0.15) is 0 Å². The Bertz CT molecular complexity index is 1400. The van der Waals surface area contributed by atoms with Crippen molar-refractivity contribution in [3.63, 3.8) is 0 Å². The second-order valence-electron chi connectivity index (χ2n) is 7.87. The van der Waals surface area contributed by atoms with Gasteiger partial charge in [0, 0.05) is 13.1 Å². The maximum absolute atomic E-state index is 13.3. The first kappa shape index (κ1) is 21.0. The van der Waals surface area contributed by atoms with Crippen LogP contribution in [0.4, 0.5) is 11.5 Å². The van der Waals surface area contributed by atoms with E-state index in [1.54, 1.807) is 6.07 Å². The predicted molar refractivity (Wildman–Crippen MR) is 124 cm³/mol. The van der Waals surface area contributed by atoms with Gasteiger partial charge < -0.3 is 19.7 Å². The first-order chi connectivity index (χ1) is 16.0. The van der Waals surface area contributed by atoms with Crippen molar-refractivity contribution in [1.82, 2.24) is 19.2 Å². The molecule has 0 saturated carbocycles. The number of fused-ring (bicyclic) bond motifs is 3. The van der Waals surface area contributed by atoms with E-state index < -0.39 is 5.69 Å². The number of carbonyl (C=O) groups is 1. The number of anilines is 2. The van der Waals surface area contributed by atoms with Crippen molar-refractivity contribution < 1.29 is 14.3 Å². The number of benzene rings is 2. The van der Waals surface area contributed by atoms with Crippen LogP contribution in [0, 0.1) is 6.92 Å². The SMILES string of the molecule is COc1ccc(C)cc1NC(=O)Cn1nc2c(N3CCOCC3)nc3ccccc3n2c1=O. The molecule has 0 unspecified atom stereocenters. The number of morpholine rings is 1. The van der Waals surface area contributed by atoms with Gasteiger partial charge in [-0.3, -0.25) is 4.79 Å². The van der Waals surface area contributed by atoms with Crippen LogP contribution in [0.2, 0.25) is 0 Å². The van der Waals surface area contributed by atoms with Crippen molar-refractivity contribution >= 4 is 34.1 Å². The minimum Gasteiger partial charge on any atom is -0.495 e. The fraction of sp³-hybridized carbons (Fsp3) is 0.304. The third-order valence-electron chi connectivity index (χ3n) is 5.62. The molecule has 170 valence electrons. The van der Waals surface area contributed by atoms with Crippen molar-refractivity contribution in [2.45, 2.75) is 13.5 Å². The zero-order valence-corrected chi connectivity index (χ0v) is 18.4. The fourth-order valence-corrected chi connectivity index (χ4v) is 4.02. The first-order valence-electron chi connectivity index (χ1n) is 10.7. The monoisotopic (exact) mass is 448 g/mol. The first-order valence-corrected chi connectivity index (χ1v) is 10.7. The highest BCUT2D eigenvalue weighted by Gasteiger charge is 2.22. The molecule has 2 aromatic carbocycles. The zero-order chi connectivity index (χ0) is 22.9. The maximum atomic E-state index is 13.3. The molecule has 0 radical (unpaired) electrons. The van der Waals surface area contributed by atoms with E-state index in [9.17, 15) is 9.59 Å². The molecule has 0 spiro atoms. The number of amides is 1. The minimum atomic E-state index is -0.399. The van der Waals surface area contributed by atoms with Gasteiger partial charge in [-0.25, -0.2) is 18.9 Å². The molecule has 5 rings (SSSR count). The van der Waals surface area contributed by atoms with E-state index >= 15 is 0 Å². The lowest BCUT2D eigenvalue weighted by Crippen LogP contribution is -2.37. The van der Waals surface area contributed by atoms with Crippen LogP contribution < -0.4 is 20.6 Å². The average Bonchev–Trinajstić information content (AvgIpc) is 3.15. The number of nitrogens with one attached hydrogen (secondary N) is 1. The Morgan fingerprint density at radius 3 is 2.76 bits per heavy atom. The van der Waals surface area contributed by atoms with Crippen LogP contribution in [0.25, 0.3) is 16.7 Å². The summed E-state index contributed by atoms with van der Waals surface area (Å²) in [5, 5.41) is 7.33. The topological polar surface area (TPSA) is 103 Å². The number of carbonyl (C=O) groups excluding carboxylic acids is 1. The number of nitrogens with zero attached hydrogens (tertiary/aromatic N) is 5. The summed E-state index contributed by atoms with van der Waals surface area (Å²) in [4.78, 5) is 33.0. The Kier molecular flexibility index (Phi) is 5.43. The van der Waals surface area contributed by atoms with Gasteiger partial charge in [-0.1, -0.05) is 18.2 Å². The second-order valence-corrected chi connectivity index (χ2v) is 7.87. The number of methoxy groups -OCH3 is 1. The number of rotatable bonds is 5. The van der Waals surface area contributed by atoms with Crippen LogP contribution in [-0.2, 0) is 16.1 Å². The standard InChI is InChI=1S/C23H24N6O4/c1-15-7-8-19(32-2)17(13-15)24-20(30)14-28-23(31)29-18-6-4-3-5-16(18)25-21(22(29)26-28)27-9-11-33-12-10-27/h3-8,13H,9-12,14H2,1-2H3,(H,24,30). The van der Waals surface area contributed by atoms with Gasteiger partial charge in [-0.15, -0.1) is 5.10 Å². The smallest absolute Gasteiger partial charge is 0.351 e. The van der Waals surface area contributed by atoms with Crippen molar-refractivity contribution in [3.05, 3.63) is 58.5 Å². The van der Waals surface area contributed by atoms with Crippen LogP contribution in [0.3, 0.4) is 0 Å². The summed E-state index contributed by atoms with van der Waals surface area (Å²) < 4.78 is 13.5. The van der Waals surface area contributed by atoms with E-state index in [0.29, 0.717) is 60.2 Å². The molecule has 0 bridgehead atoms. The van der Waals surface area contributed by atoms with E-state index in [-0.39, 0.29) is 12.5 Å². The van der Waals surface area contributed by atoms with Crippen molar-refractivity contribution in [3.8, 4) is 5.75 Å². The Morgan fingerprint density at radius 1 is 1.18 bits per heavy atom. The molecule has 4 aromatic rings. The summed E-state index contributed by atoms with van der Waals surface area (Å²) in [5.41, 5.74) is 2.86. The fourth-order valence-electron chi connectivity index (χ4n) is 4.02. The zero-order valence-electron chi connectivity index (χ0n) is 18.4. The summed E-state index contributed by atoms with van der Waals surface area (Å²) in [6.45, 7) is 4.13. The lowest BCUT2D eigenvalue weighted by molar-refractivity contribution is -0.117. The lowest BCUT2D eigenvalue weighted by Gasteiger charge is -2.27. The average molecular weight is 448 g/mol. The molecular weight excluding hydrogens is 424 g/mol. The number of ether oxygens (including phenoxy) is 2. The molecule has 2 aromatic heterocycles. The van der Waals surface area contributed by atoms with Gasteiger partial charge in [0.25, 0.3) is 0 Å². The van der Waals surface area contributed by atoms with Crippen LogP contribution in [-0.4, -0.2) is 58.5 Å². The van der Waals surface area contributed by atoms with Gasteiger partial charge in [0.05, 0.1) is 37.0 Å². The van der Waals surface area contributed by atoms with Gasteiger partial charge in [0.1, 0.15) is 12.3 Å². The van der Waals surface area contributed by atoms with E-state index in [4.69, 9.17) is 14.5 Å². The lowest BCUT2D eigenvalue weighted by atomic mass is 10.2. The molecule has 10 nitrogen and oxygen atoms in total. The highest BCUT2D eigenvalue weighted by atomic mass is 16.5. The Balaban J connectivity index is 1.55. The predicted octanol–water partition coefficient (Wildman–Crippen LogP) is 1.84. The van der Waals surface area contributed by atoms with Crippen LogP contribution >= 0.6 is 0 Å². The molecule has 33 heavy (non-hydrogen) atoms. The van der Waals surface area contributed by atoms with Crippen molar-refractivity contribution in [2.24, 2.45) is 0 Å². The van der Waals surface area contributed by atoms with Crippen LogP contribution in [0.15, 0.2) is 47.3 Å². The molecule has 1 aliphatic rings. The third-order valence-corrected chi connectivity index (χ3v) is 5.62. The number of hydrogen-bond donors (Lipinski definition) is 1. The van der Waals surface area contributed by atoms with Gasteiger partial charge in [0.15, 0.2) is 5.82 Å². The van der Waals surface area contributed by atoms with Crippen molar-refractivity contribution in [1.29, 1.82) is 0 Å². The third kappa shape index (κ3) is 3.89. The summed E-state index contributed by atoms with van der Waals surface area (Å²) in [6, 6.07) is 12.9. The van der Waals surface area contributed by atoms with E-state index in [0.717, 1.165) is 5.56 Å². The Morgan fingerprint density at radius 2 is 1.97 bits per heavy atom. The van der Waals surface area contributed by atoms with E-state index in [2.05, 4.69) is 15.3 Å². The molecule has 0 atom stereocenters. The van der Waals surface area contributed by atoms with E-state index in [1.165, 1.54) is 16.2 Å². The van der Waals surface area contributed by atoms with Crippen LogP contribution in [0.1, 0.15) is 5.56 Å². The number of hydrogen-bond acceptors (Lipinski definition) is 7. The molecule has 1 amide bonds. The summed E-state index contributed by atoms with van der Waals surface area (Å²) in [7, 11) is 1.54. The molecule has 10 heteroatoms. The molecule has 3 heterocycles. The molecule has 0 aliphatic carbocycles. The summed E-state index contributed by atoms with van der Waals surface area (Å²) in [5.74, 6) is 0.768. The maximum Gasteiger partial charge on any atom is 0.351 e. The number of aryl methyl sites for hydroxylation is 1. The second kappa shape index (κ2) is 8.55. The summed E-state index contributed by atoms with van der Waals surface area (Å²) in [6.07, 6.45) is 0. The Labute approximate surface area is 189 Å². The molecule has 1 saturated heterocycles. The van der Waals surface area contributed by atoms with Gasteiger partial charge >= 0.3 is 5.69 Å². The quantitative estimate of drug-likeness (QED) is 0.497. The Hall–Kier alpha value is -3.92. The largest absolute Gasteiger partial charge is 0.495 e.